The van der Waals surface area contributed by atoms with Gasteiger partial charge in [0.05, 0.1) is 0 Å². The van der Waals surface area contributed by atoms with Crippen molar-refractivity contribution in [3.05, 3.63) is 29.1 Å². The summed E-state index contributed by atoms with van der Waals surface area (Å²) in [6.07, 6.45) is 0. The van der Waals surface area contributed by atoms with Gasteiger partial charge in [0.15, 0.2) is 0 Å². The Morgan fingerprint density at radius 3 is 2.54 bits per heavy atom. The summed E-state index contributed by atoms with van der Waals surface area (Å²) in [6.45, 7) is 6.11. The van der Waals surface area contributed by atoms with Crippen LogP contribution in [0.4, 0.5) is 0 Å². The van der Waals surface area contributed by atoms with Crippen LogP contribution in [0.1, 0.15) is 17.0 Å². The van der Waals surface area contributed by atoms with E-state index in [0.29, 0.717) is 0 Å². The van der Waals surface area contributed by atoms with Crippen LogP contribution < -0.4 is 63.2 Å². The van der Waals surface area contributed by atoms with Gasteiger partial charge >= 0.3 is 58.2 Å². The average Bonchev–Trinajstić information content (AvgIpc) is 2.39. The fraction of sp³-hybridized carbons (Fsp3) is 0.300. The van der Waals surface area contributed by atoms with Crippen molar-refractivity contribution in [3.63, 3.8) is 0 Å². The molecular weight excluding hydrogens is 234 g/mol. The molecular formula is C10H11N2Rb. The first-order valence-corrected chi connectivity index (χ1v) is 4.06. The van der Waals surface area contributed by atoms with Gasteiger partial charge in [-0.2, -0.15) is 0 Å². The summed E-state index contributed by atoms with van der Waals surface area (Å²) in [5.74, 6) is 0.860. The van der Waals surface area contributed by atoms with Crippen LogP contribution in [0, 0.1) is 20.8 Å². The van der Waals surface area contributed by atoms with Crippen LogP contribution in [-0.2, 0) is 0 Å². The molecule has 0 aliphatic rings. The monoisotopic (exact) mass is 244 g/mol. The van der Waals surface area contributed by atoms with E-state index in [1.54, 1.807) is 0 Å². The zero-order chi connectivity index (χ0) is 8.72. The molecule has 0 saturated carbocycles. The molecule has 1 heterocycles. The third-order valence-electron chi connectivity index (χ3n) is 2.24. The second-order valence-corrected chi connectivity index (χ2v) is 3.15. The molecule has 0 unspecified atom stereocenters. The number of aromatic nitrogens is 2. The van der Waals surface area contributed by atoms with E-state index in [1.807, 2.05) is 13.0 Å². The van der Waals surface area contributed by atoms with E-state index in [0.717, 1.165) is 16.9 Å². The molecule has 0 atom stereocenters. The number of nitrogens with zero attached hydrogens (tertiary/aromatic N) is 2. The summed E-state index contributed by atoms with van der Waals surface area (Å²) < 4.78 is 0. The van der Waals surface area contributed by atoms with E-state index in [1.165, 1.54) is 11.1 Å². The number of aryl methyl sites for hydroxylation is 3. The molecule has 0 fully saturated rings. The predicted molar refractivity (Wildman–Crippen MR) is 49.3 cm³/mol. The summed E-state index contributed by atoms with van der Waals surface area (Å²) in [4.78, 5) is 8.67. The van der Waals surface area contributed by atoms with Gasteiger partial charge in [-0.15, -0.1) is 0 Å². The predicted octanol–water partition coefficient (Wildman–Crippen LogP) is -0.879. The first kappa shape index (κ1) is 11.6. The standard InChI is InChI=1S/C10H11N2.Rb/c1-6-4-5-9-10(7(6)2)12-8(3)11-9;/h4-5H,1-3H3;/q-1;+1. The van der Waals surface area contributed by atoms with E-state index in [-0.39, 0.29) is 58.2 Å². The molecule has 2 nitrogen and oxygen atoms in total. The van der Waals surface area contributed by atoms with Gasteiger partial charge < -0.3 is 9.97 Å². The SMILES string of the molecule is Cc1nc2ccc(C)c(C)c2[n-]1.[Rb+]. The number of benzene rings is 1. The van der Waals surface area contributed by atoms with Gasteiger partial charge in [0, 0.05) is 0 Å². The molecule has 2 rings (SSSR count). The van der Waals surface area contributed by atoms with E-state index < -0.39 is 0 Å². The van der Waals surface area contributed by atoms with Crippen LogP contribution in [0.2, 0.25) is 0 Å². The first-order valence-electron chi connectivity index (χ1n) is 4.06. The van der Waals surface area contributed by atoms with Crippen molar-refractivity contribution >= 4 is 11.0 Å². The second kappa shape index (κ2) is 4.34. The van der Waals surface area contributed by atoms with Gasteiger partial charge in [-0.05, 0) is 42.9 Å². The van der Waals surface area contributed by atoms with E-state index in [9.17, 15) is 0 Å². The smallest absolute Gasteiger partial charge is 0.440 e. The summed E-state index contributed by atoms with van der Waals surface area (Å²) in [5, 5.41) is 0. The largest absolute Gasteiger partial charge is 1.00 e. The van der Waals surface area contributed by atoms with Crippen molar-refractivity contribution in [1.82, 2.24) is 9.97 Å². The van der Waals surface area contributed by atoms with Crippen molar-refractivity contribution < 1.29 is 58.2 Å². The maximum atomic E-state index is 4.36. The van der Waals surface area contributed by atoms with Gasteiger partial charge in [-0.1, -0.05) is 18.0 Å². The number of rotatable bonds is 0. The summed E-state index contributed by atoms with van der Waals surface area (Å²) in [5.41, 5.74) is 4.58. The molecule has 0 aliphatic carbocycles. The van der Waals surface area contributed by atoms with E-state index >= 15 is 0 Å². The third-order valence-corrected chi connectivity index (χ3v) is 2.24. The molecule has 3 heteroatoms. The van der Waals surface area contributed by atoms with Crippen LogP contribution >= 0.6 is 0 Å². The Morgan fingerprint density at radius 1 is 1.15 bits per heavy atom. The van der Waals surface area contributed by atoms with Crippen molar-refractivity contribution in [3.8, 4) is 0 Å². The zero-order valence-electron chi connectivity index (χ0n) is 8.55. The van der Waals surface area contributed by atoms with Gasteiger partial charge in [-0.25, -0.2) is 0 Å². The number of hydrogen-bond acceptors (Lipinski definition) is 1. The fourth-order valence-corrected chi connectivity index (χ4v) is 1.38. The molecule has 0 N–H and O–H groups in total. The van der Waals surface area contributed by atoms with Gasteiger partial charge in [-0.3, -0.25) is 0 Å². The van der Waals surface area contributed by atoms with Crippen molar-refractivity contribution in [2.45, 2.75) is 20.8 Å². The van der Waals surface area contributed by atoms with Crippen LogP contribution in [0.5, 0.6) is 0 Å². The molecule has 62 valence electrons. The van der Waals surface area contributed by atoms with Crippen molar-refractivity contribution in [2.75, 3.05) is 0 Å². The van der Waals surface area contributed by atoms with Crippen LogP contribution in [-0.4, -0.2) is 4.98 Å². The Kier molecular flexibility index (Phi) is 3.87. The molecule has 0 aliphatic heterocycles. The molecule has 2 aromatic rings. The fourth-order valence-electron chi connectivity index (χ4n) is 1.38. The molecule has 1 aromatic carbocycles. The Bertz CT molecular complexity index is 432. The van der Waals surface area contributed by atoms with Gasteiger partial charge in [0.25, 0.3) is 0 Å². The summed E-state index contributed by atoms with van der Waals surface area (Å²) in [7, 11) is 0. The molecule has 0 bridgehead atoms. The normalized spacial score (nSPS) is 10.1. The average molecular weight is 245 g/mol. The van der Waals surface area contributed by atoms with E-state index in [2.05, 4.69) is 29.9 Å². The third kappa shape index (κ3) is 2.12. The quantitative estimate of drug-likeness (QED) is 0.602. The first-order chi connectivity index (χ1) is 5.68. The molecule has 0 amide bonds. The van der Waals surface area contributed by atoms with E-state index in [4.69, 9.17) is 0 Å². The van der Waals surface area contributed by atoms with Gasteiger partial charge in [0.1, 0.15) is 0 Å². The maximum Gasteiger partial charge on any atom is 1.00 e. The van der Waals surface area contributed by atoms with Crippen LogP contribution in [0.3, 0.4) is 0 Å². The Balaban J connectivity index is 0.000000845. The molecule has 0 radical (unpaired) electrons. The molecule has 1 aromatic heterocycles. The maximum absolute atomic E-state index is 4.36. The number of fused-ring (bicyclic) bond motifs is 1. The molecule has 0 spiro atoms. The minimum absolute atomic E-state index is 0. The topological polar surface area (TPSA) is 27.0 Å². The molecule has 13 heavy (non-hydrogen) atoms. The number of hydrogen-bond donors (Lipinski definition) is 0. The Hall–Kier alpha value is 0.495. The number of imidazole rings is 1. The van der Waals surface area contributed by atoms with Crippen molar-refractivity contribution in [1.29, 1.82) is 0 Å². The molecule has 0 saturated heterocycles. The van der Waals surface area contributed by atoms with Crippen LogP contribution in [0.15, 0.2) is 12.1 Å². The summed E-state index contributed by atoms with van der Waals surface area (Å²) in [6, 6.07) is 4.11. The zero-order valence-corrected chi connectivity index (χ0v) is 13.5. The Morgan fingerprint density at radius 2 is 1.85 bits per heavy atom. The summed E-state index contributed by atoms with van der Waals surface area (Å²) >= 11 is 0. The van der Waals surface area contributed by atoms with Crippen LogP contribution in [0.25, 0.3) is 11.0 Å². The van der Waals surface area contributed by atoms with Crippen molar-refractivity contribution in [2.24, 2.45) is 0 Å². The second-order valence-electron chi connectivity index (χ2n) is 3.15. The Labute approximate surface area is 127 Å². The van der Waals surface area contributed by atoms with Gasteiger partial charge in [0.2, 0.25) is 0 Å². The minimum atomic E-state index is 0. The minimum Gasteiger partial charge on any atom is -0.440 e.